The van der Waals surface area contributed by atoms with Crippen molar-refractivity contribution in [1.82, 2.24) is 0 Å². The summed E-state index contributed by atoms with van der Waals surface area (Å²) in [4.78, 5) is 0. The molecule has 0 spiro atoms. The number of aryl methyl sites for hydroxylation is 1. The third kappa shape index (κ3) is 3.11. The number of hydrogen-bond donors (Lipinski definition) is 2. The van der Waals surface area contributed by atoms with Crippen LogP contribution in [0.1, 0.15) is 29.7 Å². The first-order valence-corrected chi connectivity index (χ1v) is 6.22. The number of nitrogens with one attached hydrogen (secondary N) is 1. The third-order valence-electron chi connectivity index (χ3n) is 3.07. The van der Waals surface area contributed by atoms with Crippen LogP contribution < -0.4 is 5.32 Å². The average molecular weight is 241 g/mol. The summed E-state index contributed by atoms with van der Waals surface area (Å²) in [6, 6.07) is 16.6. The Morgan fingerprint density at radius 2 is 1.83 bits per heavy atom. The van der Waals surface area contributed by atoms with E-state index in [2.05, 4.69) is 43.4 Å². The Labute approximate surface area is 108 Å². The summed E-state index contributed by atoms with van der Waals surface area (Å²) in [5.41, 5.74) is 4.49. The molecular weight excluding hydrogens is 222 g/mol. The van der Waals surface area contributed by atoms with Crippen molar-refractivity contribution in [3.8, 4) is 0 Å². The molecule has 2 N–H and O–H groups in total. The highest BCUT2D eigenvalue weighted by Crippen LogP contribution is 2.20. The van der Waals surface area contributed by atoms with Gasteiger partial charge < -0.3 is 10.4 Å². The molecule has 0 amide bonds. The minimum absolute atomic E-state index is 0.0778. The highest BCUT2D eigenvalue weighted by molar-refractivity contribution is 5.47. The lowest BCUT2D eigenvalue weighted by Crippen LogP contribution is -2.06. The highest BCUT2D eigenvalue weighted by Gasteiger charge is 2.05. The van der Waals surface area contributed by atoms with Crippen LogP contribution in [0.2, 0.25) is 0 Å². The van der Waals surface area contributed by atoms with Crippen LogP contribution in [0.4, 0.5) is 5.69 Å². The molecule has 0 aliphatic rings. The van der Waals surface area contributed by atoms with Gasteiger partial charge in [-0.05, 0) is 37.1 Å². The molecule has 1 atom stereocenters. The molecule has 0 aromatic heterocycles. The molecule has 0 aliphatic carbocycles. The zero-order valence-electron chi connectivity index (χ0n) is 10.9. The van der Waals surface area contributed by atoms with Crippen molar-refractivity contribution in [2.45, 2.75) is 26.5 Å². The Balaban J connectivity index is 2.10. The monoisotopic (exact) mass is 241 g/mol. The van der Waals surface area contributed by atoms with Gasteiger partial charge in [0.2, 0.25) is 0 Å². The fourth-order valence-electron chi connectivity index (χ4n) is 1.95. The molecule has 94 valence electrons. The van der Waals surface area contributed by atoms with E-state index >= 15 is 0 Å². The maximum absolute atomic E-state index is 9.12. The van der Waals surface area contributed by atoms with Crippen LogP contribution in [0.25, 0.3) is 0 Å². The van der Waals surface area contributed by atoms with Crippen molar-refractivity contribution in [2.24, 2.45) is 0 Å². The molecule has 0 radical (unpaired) electrons. The number of rotatable bonds is 4. The molecule has 0 saturated carbocycles. The first-order valence-electron chi connectivity index (χ1n) is 6.22. The maximum Gasteiger partial charge on any atom is 0.0682 e. The van der Waals surface area contributed by atoms with Gasteiger partial charge in [-0.1, -0.05) is 42.0 Å². The number of aliphatic hydroxyl groups excluding tert-OH is 1. The predicted octanol–water partition coefficient (Wildman–Crippen LogP) is 3.66. The summed E-state index contributed by atoms with van der Waals surface area (Å²) in [7, 11) is 0. The van der Waals surface area contributed by atoms with Gasteiger partial charge in [0.25, 0.3) is 0 Å². The molecule has 0 bridgehead atoms. The number of anilines is 1. The average Bonchev–Trinajstić information content (AvgIpc) is 2.39. The quantitative estimate of drug-likeness (QED) is 0.856. The molecular formula is C16H19NO. The first kappa shape index (κ1) is 12.7. The summed E-state index contributed by atoms with van der Waals surface area (Å²) < 4.78 is 0. The van der Waals surface area contributed by atoms with Crippen molar-refractivity contribution >= 4 is 5.69 Å². The van der Waals surface area contributed by atoms with Crippen molar-refractivity contribution in [2.75, 3.05) is 5.32 Å². The maximum atomic E-state index is 9.12. The summed E-state index contributed by atoms with van der Waals surface area (Å²) in [6.45, 7) is 4.30. The normalized spacial score (nSPS) is 12.2. The minimum atomic E-state index is 0.0778. The van der Waals surface area contributed by atoms with Crippen LogP contribution in [-0.4, -0.2) is 5.11 Å². The van der Waals surface area contributed by atoms with Crippen molar-refractivity contribution in [3.05, 3.63) is 65.2 Å². The van der Waals surface area contributed by atoms with Crippen molar-refractivity contribution in [1.29, 1.82) is 0 Å². The van der Waals surface area contributed by atoms with Gasteiger partial charge in [0.1, 0.15) is 0 Å². The Hall–Kier alpha value is -1.80. The SMILES string of the molecule is Cc1ccc(C(C)Nc2cccc(CO)c2)cc1. The van der Waals surface area contributed by atoms with Gasteiger partial charge in [0.05, 0.1) is 6.61 Å². The van der Waals surface area contributed by atoms with E-state index in [0.717, 1.165) is 11.3 Å². The van der Waals surface area contributed by atoms with E-state index in [1.54, 1.807) is 0 Å². The van der Waals surface area contributed by atoms with E-state index in [4.69, 9.17) is 5.11 Å². The molecule has 1 unspecified atom stereocenters. The number of aliphatic hydroxyl groups is 1. The zero-order valence-corrected chi connectivity index (χ0v) is 10.9. The minimum Gasteiger partial charge on any atom is -0.392 e. The Morgan fingerprint density at radius 1 is 1.11 bits per heavy atom. The summed E-state index contributed by atoms with van der Waals surface area (Å²) in [6.07, 6.45) is 0. The fraction of sp³-hybridized carbons (Fsp3) is 0.250. The zero-order chi connectivity index (χ0) is 13.0. The lowest BCUT2D eigenvalue weighted by Gasteiger charge is -2.16. The Morgan fingerprint density at radius 3 is 2.50 bits per heavy atom. The number of hydrogen-bond acceptors (Lipinski definition) is 2. The second-order valence-electron chi connectivity index (χ2n) is 4.64. The first-order chi connectivity index (χ1) is 8.69. The highest BCUT2D eigenvalue weighted by atomic mass is 16.3. The van der Waals surface area contributed by atoms with Crippen LogP contribution in [0.3, 0.4) is 0 Å². The van der Waals surface area contributed by atoms with Gasteiger partial charge in [-0.2, -0.15) is 0 Å². The van der Waals surface area contributed by atoms with Crippen LogP contribution in [-0.2, 0) is 6.61 Å². The molecule has 2 aromatic rings. The molecule has 0 fully saturated rings. The lowest BCUT2D eigenvalue weighted by atomic mass is 10.1. The van der Waals surface area contributed by atoms with Gasteiger partial charge in [-0.3, -0.25) is 0 Å². The van der Waals surface area contributed by atoms with Crippen molar-refractivity contribution in [3.63, 3.8) is 0 Å². The van der Waals surface area contributed by atoms with Crippen molar-refractivity contribution < 1.29 is 5.11 Å². The van der Waals surface area contributed by atoms with Gasteiger partial charge >= 0.3 is 0 Å². The van der Waals surface area contributed by atoms with E-state index in [-0.39, 0.29) is 12.6 Å². The van der Waals surface area contributed by atoms with E-state index in [1.807, 2.05) is 24.3 Å². The van der Waals surface area contributed by atoms with Gasteiger partial charge in [0.15, 0.2) is 0 Å². The summed E-state index contributed by atoms with van der Waals surface area (Å²) in [5, 5.41) is 12.6. The molecule has 18 heavy (non-hydrogen) atoms. The van der Waals surface area contributed by atoms with Crippen LogP contribution >= 0.6 is 0 Å². The van der Waals surface area contributed by atoms with Crippen LogP contribution in [0, 0.1) is 6.92 Å². The fourth-order valence-corrected chi connectivity index (χ4v) is 1.95. The van der Waals surface area contributed by atoms with Crippen LogP contribution in [0.5, 0.6) is 0 Å². The molecule has 0 aliphatic heterocycles. The van der Waals surface area contributed by atoms with Gasteiger partial charge in [-0.15, -0.1) is 0 Å². The standard InChI is InChI=1S/C16H19NO/c1-12-6-8-15(9-7-12)13(2)17-16-5-3-4-14(10-16)11-18/h3-10,13,17-18H,11H2,1-2H3. The Bertz CT molecular complexity index is 505. The second kappa shape index (κ2) is 5.69. The van der Waals surface area contributed by atoms with Gasteiger partial charge in [0, 0.05) is 11.7 Å². The lowest BCUT2D eigenvalue weighted by molar-refractivity contribution is 0.282. The molecule has 2 heteroatoms. The third-order valence-corrected chi connectivity index (χ3v) is 3.07. The predicted molar refractivity (Wildman–Crippen MR) is 75.6 cm³/mol. The van der Waals surface area contributed by atoms with E-state index in [0.29, 0.717) is 0 Å². The smallest absolute Gasteiger partial charge is 0.0682 e. The largest absolute Gasteiger partial charge is 0.392 e. The number of benzene rings is 2. The molecule has 2 nitrogen and oxygen atoms in total. The molecule has 2 aromatic carbocycles. The van der Waals surface area contributed by atoms with E-state index in [1.165, 1.54) is 11.1 Å². The summed E-state index contributed by atoms with van der Waals surface area (Å²) >= 11 is 0. The summed E-state index contributed by atoms with van der Waals surface area (Å²) in [5.74, 6) is 0. The van der Waals surface area contributed by atoms with E-state index < -0.39 is 0 Å². The van der Waals surface area contributed by atoms with Gasteiger partial charge in [-0.25, -0.2) is 0 Å². The molecule has 0 saturated heterocycles. The second-order valence-corrected chi connectivity index (χ2v) is 4.64. The molecule has 2 rings (SSSR count). The van der Waals surface area contributed by atoms with Crippen LogP contribution in [0.15, 0.2) is 48.5 Å². The Kier molecular flexibility index (Phi) is 4.00. The van der Waals surface area contributed by atoms with E-state index in [9.17, 15) is 0 Å². The molecule has 0 heterocycles. The topological polar surface area (TPSA) is 32.3 Å².